The fourth-order valence-electron chi connectivity index (χ4n) is 2.35. The molecule has 20 heavy (non-hydrogen) atoms. The molecule has 1 amide bonds. The van der Waals surface area contributed by atoms with Crippen LogP contribution in [-0.4, -0.2) is 47.2 Å². The summed E-state index contributed by atoms with van der Waals surface area (Å²) >= 11 is 0. The minimum atomic E-state index is -1.02. The maximum atomic E-state index is 12.2. The predicted octanol–water partition coefficient (Wildman–Crippen LogP) is 1.32. The Hall–Kier alpha value is -1.88. The molecule has 2 atom stereocenters. The zero-order valence-electron chi connectivity index (χ0n) is 11.5. The number of hydrogen-bond donors (Lipinski definition) is 1. The van der Waals surface area contributed by atoms with E-state index < -0.39 is 12.1 Å². The van der Waals surface area contributed by atoms with Gasteiger partial charge in [0, 0.05) is 13.0 Å². The Morgan fingerprint density at radius 2 is 2.00 bits per heavy atom. The van der Waals surface area contributed by atoms with Crippen molar-refractivity contribution in [2.24, 2.45) is 0 Å². The van der Waals surface area contributed by atoms with Gasteiger partial charge in [-0.2, -0.15) is 0 Å². The summed E-state index contributed by atoms with van der Waals surface area (Å²) in [7, 11) is 0. The topological polar surface area (TPSA) is 66.8 Å². The van der Waals surface area contributed by atoms with E-state index in [0.29, 0.717) is 19.4 Å². The Kier molecular flexibility index (Phi) is 4.74. The number of hydrogen-bond acceptors (Lipinski definition) is 3. The van der Waals surface area contributed by atoms with Crippen molar-refractivity contribution < 1.29 is 19.4 Å². The second-order valence-corrected chi connectivity index (χ2v) is 5.06. The molecule has 0 aromatic heterocycles. The molecule has 1 aliphatic rings. The smallest absolute Gasteiger partial charge is 0.334 e. The first-order valence-corrected chi connectivity index (χ1v) is 6.76. The van der Waals surface area contributed by atoms with Crippen LogP contribution in [0.4, 0.5) is 0 Å². The van der Waals surface area contributed by atoms with Gasteiger partial charge in [-0.05, 0) is 18.9 Å². The molecule has 1 unspecified atom stereocenters. The first-order valence-electron chi connectivity index (χ1n) is 6.76. The number of aryl methyl sites for hydroxylation is 1. The molecule has 0 aliphatic carbocycles. The van der Waals surface area contributed by atoms with Crippen molar-refractivity contribution in [2.75, 3.05) is 13.1 Å². The Bertz CT molecular complexity index is 474. The molecule has 1 heterocycles. The summed E-state index contributed by atoms with van der Waals surface area (Å²) in [4.78, 5) is 24.7. The maximum Gasteiger partial charge on any atom is 0.334 e. The molecule has 1 fully saturated rings. The monoisotopic (exact) mass is 277 g/mol. The molecule has 0 bridgehead atoms. The number of carbonyl (C=O) groups is 2. The van der Waals surface area contributed by atoms with Crippen molar-refractivity contribution in [3.63, 3.8) is 0 Å². The third-order valence-corrected chi connectivity index (χ3v) is 3.36. The number of carboxylic acids is 1. The molecular formula is C15H19NO4. The Balaban J connectivity index is 1.90. The first kappa shape index (κ1) is 14.5. The molecule has 0 saturated carbocycles. The van der Waals surface area contributed by atoms with Crippen LogP contribution in [0.15, 0.2) is 30.3 Å². The largest absolute Gasteiger partial charge is 0.479 e. The highest BCUT2D eigenvalue weighted by Gasteiger charge is 2.32. The van der Waals surface area contributed by atoms with E-state index in [-0.39, 0.29) is 18.6 Å². The fraction of sp³-hybridized carbons (Fsp3) is 0.467. The average Bonchev–Trinajstić information content (AvgIpc) is 2.45. The van der Waals surface area contributed by atoms with Crippen molar-refractivity contribution in [2.45, 2.75) is 32.0 Å². The molecule has 1 aliphatic heterocycles. The number of benzene rings is 1. The summed E-state index contributed by atoms with van der Waals surface area (Å²) in [6.45, 7) is 2.37. The quantitative estimate of drug-likeness (QED) is 0.901. The third-order valence-electron chi connectivity index (χ3n) is 3.36. The molecule has 5 heteroatoms. The van der Waals surface area contributed by atoms with Crippen LogP contribution in [0.2, 0.25) is 0 Å². The van der Waals surface area contributed by atoms with E-state index in [9.17, 15) is 9.59 Å². The molecule has 0 spiro atoms. The summed E-state index contributed by atoms with van der Waals surface area (Å²) < 4.78 is 5.30. The SMILES string of the molecule is C[C@@H]1CN(C(=O)CCc2ccccc2)CC(C(=O)O)O1. The van der Waals surface area contributed by atoms with Gasteiger partial charge in [-0.15, -0.1) is 0 Å². The highest BCUT2D eigenvalue weighted by Crippen LogP contribution is 2.13. The predicted molar refractivity (Wildman–Crippen MR) is 73.3 cm³/mol. The number of ether oxygens (including phenoxy) is 1. The molecule has 5 nitrogen and oxygen atoms in total. The summed E-state index contributed by atoms with van der Waals surface area (Å²) in [6.07, 6.45) is -0.100. The number of rotatable bonds is 4. The van der Waals surface area contributed by atoms with Gasteiger partial charge in [0.2, 0.25) is 5.91 Å². The van der Waals surface area contributed by atoms with E-state index in [0.717, 1.165) is 5.56 Å². The standard InChI is InChI=1S/C15H19NO4/c1-11-9-16(10-13(20-11)15(18)19)14(17)8-7-12-5-3-2-4-6-12/h2-6,11,13H,7-10H2,1H3,(H,18,19)/t11-,13?/m1/s1. The summed E-state index contributed by atoms with van der Waals surface area (Å²) in [6, 6.07) is 9.78. The number of nitrogens with zero attached hydrogens (tertiary/aromatic N) is 1. The first-order chi connectivity index (χ1) is 9.56. The lowest BCUT2D eigenvalue weighted by Crippen LogP contribution is -2.51. The van der Waals surface area contributed by atoms with Gasteiger partial charge < -0.3 is 14.7 Å². The van der Waals surface area contributed by atoms with E-state index in [1.54, 1.807) is 11.8 Å². The van der Waals surface area contributed by atoms with E-state index in [2.05, 4.69) is 0 Å². The number of morpholine rings is 1. The Labute approximate surface area is 118 Å². The van der Waals surface area contributed by atoms with Crippen LogP contribution in [-0.2, 0) is 20.7 Å². The highest BCUT2D eigenvalue weighted by atomic mass is 16.5. The normalized spacial score (nSPS) is 22.6. The molecule has 2 rings (SSSR count). The molecule has 0 radical (unpaired) electrons. The molecule has 1 aromatic carbocycles. The van der Waals surface area contributed by atoms with Gasteiger partial charge in [-0.3, -0.25) is 4.79 Å². The number of amides is 1. The maximum absolute atomic E-state index is 12.2. The van der Waals surface area contributed by atoms with Crippen molar-refractivity contribution in [3.8, 4) is 0 Å². The lowest BCUT2D eigenvalue weighted by atomic mass is 10.1. The van der Waals surface area contributed by atoms with E-state index in [1.807, 2.05) is 30.3 Å². The van der Waals surface area contributed by atoms with Crippen molar-refractivity contribution >= 4 is 11.9 Å². The fourth-order valence-corrected chi connectivity index (χ4v) is 2.35. The summed E-state index contributed by atoms with van der Waals surface area (Å²) in [5.41, 5.74) is 1.11. The Morgan fingerprint density at radius 1 is 1.30 bits per heavy atom. The van der Waals surface area contributed by atoms with E-state index in [1.165, 1.54) is 0 Å². The average molecular weight is 277 g/mol. The van der Waals surface area contributed by atoms with Crippen LogP contribution in [0.3, 0.4) is 0 Å². The zero-order valence-corrected chi connectivity index (χ0v) is 11.5. The summed E-state index contributed by atoms with van der Waals surface area (Å²) in [5.74, 6) is -1.03. The van der Waals surface area contributed by atoms with Crippen LogP contribution in [0.25, 0.3) is 0 Å². The van der Waals surface area contributed by atoms with Gasteiger partial charge in [0.25, 0.3) is 0 Å². The molecule has 1 N–H and O–H groups in total. The van der Waals surface area contributed by atoms with Gasteiger partial charge in [-0.1, -0.05) is 30.3 Å². The van der Waals surface area contributed by atoms with Crippen LogP contribution >= 0.6 is 0 Å². The van der Waals surface area contributed by atoms with Crippen LogP contribution < -0.4 is 0 Å². The minimum Gasteiger partial charge on any atom is -0.479 e. The van der Waals surface area contributed by atoms with Crippen LogP contribution in [0.5, 0.6) is 0 Å². The highest BCUT2D eigenvalue weighted by molar-refractivity contribution is 5.79. The van der Waals surface area contributed by atoms with Crippen molar-refractivity contribution in [1.29, 1.82) is 0 Å². The van der Waals surface area contributed by atoms with Crippen LogP contribution in [0, 0.1) is 0 Å². The Morgan fingerprint density at radius 3 is 2.65 bits per heavy atom. The van der Waals surface area contributed by atoms with Gasteiger partial charge in [0.15, 0.2) is 6.10 Å². The van der Waals surface area contributed by atoms with Gasteiger partial charge in [-0.25, -0.2) is 4.79 Å². The summed E-state index contributed by atoms with van der Waals surface area (Å²) in [5, 5.41) is 9.00. The third kappa shape index (κ3) is 3.81. The molecular weight excluding hydrogens is 258 g/mol. The molecule has 1 saturated heterocycles. The van der Waals surface area contributed by atoms with Crippen molar-refractivity contribution in [3.05, 3.63) is 35.9 Å². The number of aliphatic carboxylic acids is 1. The number of carboxylic acid groups (broad SMARTS) is 1. The second kappa shape index (κ2) is 6.52. The lowest BCUT2D eigenvalue weighted by Gasteiger charge is -2.35. The second-order valence-electron chi connectivity index (χ2n) is 5.06. The molecule has 1 aromatic rings. The minimum absolute atomic E-state index is 0.0183. The molecule has 108 valence electrons. The van der Waals surface area contributed by atoms with E-state index >= 15 is 0 Å². The van der Waals surface area contributed by atoms with E-state index in [4.69, 9.17) is 9.84 Å². The van der Waals surface area contributed by atoms with Crippen LogP contribution in [0.1, 0.15) is 18.9 Å². The zero-order chi connectivity index (χ0) is 14.5. The van der Waals surface area contributed by atoms with Gasteiger partial charge in [0.1, 0.15) is 0 Å². The van der Waals surface area contributed by atoms with Crippen molar-refractivity contribution in [1.82, 2.24) is 4.90 Å². The van der Waals surface area contributed by atoms with Gasteiger partial charge >= 0.3 is 5.97 Å². The lowest BCUT2D eigenvalue weighted by molar-refractivity contribution is -0.166. The number of carbonyl (C=O) groups excluding carboxylic acids is 1. The van der Waals surface area contributed by atoms with Gasteiger partial charge in [0.05, 0.1) is 12.6 Å².